The lowest BCUT2D eigenvalue weighted by atomic mass is 10.2. The first-order chi connectivity index (χ1) is 14.5. The highest BCUT2D eigenvalue weighted by Crippen LogP contribution is 2.22. The Morgan fingerprint density at radius 3 is 2.13 bits per heavy atom. The first-order valence-corrected chi connectivity index (χ1v) is 10.4. The van der Waals surface area contributed by atoms with Crippen LogP contribution in [0.25, 0.3) is 0 Å². The van der Waals surface area contributed by atoms with E-state index in [9.17, 15) is 4.79 Å². The summed E-state index contributed by atoms with van der Waals surface area (Å²) in [7, 11) is 3.70. The van der Waals surface area contributed by atoms with Crippen molar-refractivity contribution in [1.82, 2.24) is 24.8 Å². The molecule has 2 aromatic heterocycles. The van der Waals surface area contributed by atoms with Crippen molar-refractivity contribution in [3.8, 4) is 5.88 Å². The van der Waals surface area contributed by atoms with Gasteiger partial charge in [-0.25, -0.2) is 15.0 Å². The van der Waals surface area contributed by atoms with E-state index in [0.717, 1.165) is 56.7 Å². The third kappa shape index (κ3) is 4.46. The number of likely N-dealkylation sites (N-methyl/N-ethyl adjacent to an activating group) is 1. The Morgan fingerprint density at radius 2 is 1.53 bits per heavy atom. The molecule has 2 aliphatic rings. The minimum Gasteiger partial charge on any atom is -0.481 e. The Morgan fingerprint density at radius 1 is 0.933 bits per heavy atom. The summed E-state index contributed by atoms with van der Waals surface area (Å²) in [6.45, 7) is 8.76. The molecule has 0 aromatic carbocycles. The molecule has 2 fully saturated rings. The zero-order valence-electron chi connectivity index (χ0n) is 17.9. The van der Waals surface area contributed by atoms with E-state index >= 15 is 0 Å². The van der Waals surface area contributed by atoms with E-state index in [4.69, 9.17) is 4.74 Å². The Bertz CT molecular complexity index is 891. The van der Waals surface area contributed by atoms with Gasteiger partial charge in [0, 0.05) is 76.3 Å². The van der Waals surface area contributed by atoms with Crippen LogP contribution in [-0.2, 0) is 0 Å². The molecule has 0 atom stereocenters. The van der Waals surface area contributed by atoms with Crippen LogP contribution >= 0.6 is 0 Å². The molecule has 9 nitrogen and oxygen atoms in total. The van der Waals surface area contributed by atoms with Crippen molar-refractivity contribution >= 4 is 17.5 Å². The van der Waals surface area contributed by atoms with Crippen LogP contribution in [0.2, 0.25) is 0 Å². The van der Waals surface area contributed by atoms with E-state index in [2.05, 4.69) is 42.8 Å². The first-order valence-electron chi connectivity index (χ1n) is 10.4. The predicted molar refractivity (Wildman–Crippen MR) is 115 cm³/mol. The molecule has 2 aliphatic heterocycles. The number of hydrogen-bond acceptors (Lipinski definition) is 8. The zero-order chi connectivity index (χ0) is 21.1. The van der Waals surface area contributed by atoms with E-state index in [1.165, 1.54) is 0 Å². The molecule has 0 bridgehead atoms. The number of carbonyl (C=O) groups excluding carboxylic acids is 1. The van der Waals surface area contributed by atoms with Crippen LogP contribution in [0.4, 0.5) is 11.6 Å². The van der Waals surface area contributed by atoms with Gasteiger partial charge >= 0.3 is 0 Å². The summed E-state index contributed by atoms with van der Waals surface area (Å²) in [5.74, 6) is 3.17. The molecule has 4 heterocycles. The standard InChI is InChI=1S/C21H29N7O2/c1-16-23-18(26-8-6-25(2)7-9-26)15-19(24-16)27-10-12-28(13-11-27)21(29)17-4-5-22-20(14-17)30-3/h4-5,14-15H,6-13H2,1-3H3. The molecule has 0 N–H and O–H groups in total. The average molecular weight is 412 g/mol. The fourth-order valence-corrected chi connectivity index (χ4v) is 3.87. The van der Waals surface area contributed by atoms with E-state index in [0.29, 0.717) is 24.5 Å². The van der Waals surface area contributed by atoms with Crippen LogP contribution in [0.1, 0.15) is 16.2 Å². The molecule has 2 saturated heterocycles. The summed E-state index contributed by atoms with van der Waals surface area (Å²) in [6, 6.07) is 5.50. The van der Waals surface area contributed by atoms with Crippen molar-refractivity contribution in [2.24, 2.45) is 0 Å². The lowest BCUT2D eigenvalue weighted by molar-refractivity contribution is 0.0746. The maximum atomic E-state index is 12.8. The van der Waals surface area contributed by atoms with Crippen LogP contribution in [0.15, 0.2) is 24.4 Å². The zero-order valence-corrected chi connectivity index (χ0v) is 17.9. The van der Waals surface area contributed by atoms with Crippen LogP contribution < -0.4 is 14.5 Å². The Labute approximate surface area is 177 Å². The number of piperazine rings is 2. The Balaban J connectivity index is 1.42. The second-order valence-corrected chi connectivity index (χ2v) is 7.79. The molecule has 2 aromatic rings. The Kier molecular flexibility index (Phi) is 5.98. The van der Waals surface area contributed by atoms with Crippen LogP contribution in [0, 0.1) is 6.92 Å². The van der Waals surface area contributed by atoms with Gasteiger partial charge in [-0.05, 0) is 20.0 Å². The number of anilines is 2. The maximum Gasteiger partial charge on any atom is 0.254 e. The van der Waals surface area contributed by atoms with Gasteiger partial charge in [-0.3, -0.25) is 4.79 Å². The molecule has 0 spiro atoms. The minimum atomic E-state index is 0.00680. The number of aromatic nitrogens is 3. The molecule has 9 heteroatoms. The highest BCUT2D eigenvalue weighted by molar-refractivity contribution is 5.94. The molecule has 1 amide bonds. The number of amides is 1. The van der Waals surface area contributed by atoms with E-state index < -0.39 is 0 Å². The fourth-order valence-electron chi connectivity index (χ4n) is 3.87. The SMILES string of the molecule is COc1cc(C(=O)N2CCN(c3cc(N4CCN(C)CC4)nc(C)n3)CC2)ccn1. The average Bonchev–Trinajstić information content (AvgIpc) is 2.79. The van der Waals surface area contributed by atoms with Crippen LogP contribution in [0.3, 0.4) is 0 Å². The van der Waals surface area contributed by atoms with Gasteiger partial charge in [-0.2, -0.15) is 0 Å². The van der Waals surface area contributed by atoms with Gasteiger partial charge in [-0.15, -0.1) is 0 Å². The van der Waals surface area contributed by atoms with Crippen molar-refractivity contribution in [3.63, 3.8) is 0 Å². The molecule has 4 rings (SSSR count). The lowest BCUT2D eigenvalue weighted by Gasteiger charge is -2.37. The summed E-state index contributed by atoms with van der Waals surface area (Å²) in [4.78, 5) is 35.0. The molecule has 0 saturated carbocycles. The first kappa shape index (κ1) is 20.3. The normalized spacial score (nSPS) is 17.9. The van der Waals surface area contributed by atoms with Crippen molar-refractivity contribution in [1.29, 1.82) is 0 Å². The van der Waals surface area contributed by atoms with Crippen molar-refractivity contribution in [3.05, 3.63) is 35.8 Å². The van der Waals surface area contributed by atoms with E-state index in [1.54, 1.807) is 25.4 Å². The lowest BCUT2D eigenvalue weighted by Crippen LogP contribution is -2.49. The quantitative estimate of drug-likeness (QED) is 0.735. The second-order valence-electron chi connectivity index (χ2n) is 7.79. The highest BCUT2D eigenvalue weighted by Gasteiger charge is 2.25. The van der Waals surface area contributed by atoms with Crippen molar-refractivity contribution in [2.75, 3.05) is 76.3 Å². The molecular formula is C21H29N7O2. The summed E-state index contributed by atoms with van der Waals surface area (Å²) < 4.78 is 5.13. The van der Waals surface area contributed by atoms with Gasteiger partial charge in [0.1, 0.15) is 17.5 Å². The molecule has 30 heavy (non-hydrogen) atoms. The monoisotopic (exact) mass is 411 g/mol. The highest BCUT2D eigenvalue weighted by atomic mass is 16.5. The summed E-state index contributed by atoms with van der Waals surface area (Å²) in [5, 5.41) is 0. The number of carbonyl (C=O) groups is 1. The van der Waals surface area contributed by atoms with Gasteiger partial charge in [0.2, 0.25) is 5.88 Å². The molecule has 0 unspecified atom stereocenters. The molecule has 0 aliphatic carbocycles. The number of methoxy groups -OCH3 is 1. The number of aryl methyl sites for hydroxylation is 1. The second kappa shape index (κ2) is 8.83. The van der Waals surface area contributed by atoms with Crippen molar-refractivity contribution in [2.45, 2.75) is 6.92 Å². The molecular weight excluding hydrogens is 382 g/mol. The van der Waals surface area contributed by atoms with Crippen molar-refractivity contribution < 1.29 is 9.53 Å². The third-order valence-corrected chi connectivity index (χ3v) is 5.72. The largest absolute Gasteiger partial charge is 0.481 e. The predicted octanol–water partition coefficient (Wildman–Crippen LogP) is 0.903. The molecule has 160 valence electrons. The number of nitrogens with zero attached hydrogens (tertiary/aromatic N) is 7. The van der Waals surface area contributed by atoms with Gasteiger partial charge in [0.05, 0.1) is 7.11 Å². The molecule has 0 radical (unpaired) electrons. The number of hydrogen-bond donors (Lipinski definition) is 0. The van der Waals surface area contributed by atoms with E-state index in [-0.39, 0.29) is 5.91 Å². The third-order valence-electron chi connectivity index (χ3n) is 5.72. The minimum absolute atomic E-state index is 0.00680. The number of pyridine rings is 1. The van der Waals surface area contributed by atoms with Gasteiger partial charge in [0.25, 0.3) is 5.91 Å². The summed E-state index contributed by atoms with van der Waals surface area (Å²) in [6.07, 6.45) is 1.60. The maximum absolute atomic E-state index is 12.8. The van der Waals surface area contributed by atoms with Gasteiger partial charge in [-0.1, -0.05) is 0 Å². The Hall–Kier alpha value is -2.94. The van der Waals surface area contributed by atoms with Crippen LogP contribution in [0.5, 0.6) is 5.88 Å². The summed E-state index contributed by atoms with van der Waals surface area (Å²) >= 11 is 0. The van der Waals surface area contributed by atoms with Gasteiger partial charge < -0.3 is 24.3 Å². The summed E-state index contributed by atoms with van der Waals surface area (Å²) in [5.41, 5.74) is 0.602. The van der Waals surface area contributed by atoms with Crippen LogP contribution in [-0.4, -0.2) is 97.2 Å². The smallest absolute Gasteiger partial charge is 0.254 e. The fraction of sp³-hybridized carbons (Fsp3) is 0.524. The number of rotatable bonds is 4. The van der Waals surface area contributed by atoms with E-state index in [1.807, 2.05) is 11.8 Å². The number of ether oxygens (including phenoxy) is 1. The topological polar surface area (TPSA) is 77.9 Å². The van der Waals surface area contributed by atoms with Gasteiger partial charge in [0.15, 0.2) is 0 Å².